The third-order valence-corrected chi connectivity index (χ3v) is 7.31. The van der Waals surface area contributed by atoms with E-state index in [1.165, 1.54) is 12.1 Å². The molecule has 0 atom stereocenters. The van der Waals surface area contributed by atoms with Crippen molar-refractivity contribution in [3.63, 3.8) is 0 Å². The van der Waals surface area contributed by atoms with Crippen LogP contribution in [0.5, 0.6) is 0 Å². The summed E-state index contributed by atoms with van der Waals surface area (Å²) in [5.74, 6) is -0.618. The van der Waals surface area contributed by atoms with Crippen LogP contribution in [0.2, 0.25) is 0 Å². The fourth-order valence-corrected chi connectivity index (χ4v) is 5.40. The Bertz CT molecular complexity index is 1200. The van der Waals surface area contributed by atoms with Crippen molar-refractivity contribution >= 4 is 15.9 Å². The number of carbonyl (C=O) groups excluding carboxylic acids is 1. The van der Waals surface area contributed by atoms with E-state index >= 15 is 0 Å². The summed E-state index contributed by atoms with van der Waals surface area (Å²) in [6, 6.07) is 8.46. The normalized spacial score (nSPS) is 12.2. The molecule has 0 radical (unpaired) electrons. The summed E-state index contributed by atoms with van der Waals surface area (Å²) in [7, 11) is -4.23. The van der Waals surface area contributed by atoms with Gasteiger partial charge in [-0.1, -0.05) is 33.8 Å². The number of sulfonamides is 1. The van der Waals surface area contributed by atoms with Crippen molar-refractivity contribution in [2.24, 2.45) is 0 Å². The highest BCUT2D eigenvalue weighted by Gasteiger charge is 2.27. The molecule has 0 aliphatic carbocycles. The number of aliphatic hydroxyl groups is 2. The average Bonchev–Trinajstić information content (AvgIpc) is 2.71. The number of nitrogens with zero attached hydrogens (tertiary/aromatic N) is 1. The highest BCUT2D eigenvalue weighted by molar-refractivity contribution is 7.90. The van der Waals surface area contributed by atoms with Gasteiger partial charge in [0.05, 0.1) is 35.2 Å². The van der Waals surface area contributed by atoms with Gasteiger partial charge in [-0.15, -0.1) is 0 Å². The lowest BCUT2D eigenvalue weighted by molar-refractivity contribution is -0.118. The van der Waals surface area contributed by atoms with E-state index in [2.05, 4.69) is 10.8 Å². The number of hydrogen-bond acceptors (Lipinski definition) is 6. The van der Waals surface area contributed by atoms with Crippen molar-refractivity contribution < 1.29 is 23.4 Å². The maximum Gasteiger partial charge on any atom is 0.264 e. The summed E-state index contributed by atoms with van der Waals surface area (Å²) in [6.45, 7) is 12.1. The van der Waals surface area contributed by atoms with E-state index in [-0.39, 0.29) is 28.7 Å². The molecule has 2 aromatic rings. The molecule has 0 aliphatic rings. The van der Waals surface area contributed by atoms with Crippen LogP contribution in [0.1, 0.15) is 92.3 Å². The molecule has 0 heterocycles. The Morgan fingerprint density at radius 2 is 1.62 bits per heavy atom. The van der Waals surface area contributed by atoms with Crippen molar-refractivity contribution in [2.45, 2.75) is 83.8 Å². The second-order valence-corrected chi connectivity index (χ2v) is 11.4. The number of carbonyl (C=O) groups is 1. The minimum Gasteiger partial charge on any atom is -0.392 e. The molecule has 0 aromatic heterocycles. The summed E-state index contributed by atoms with van der Waals surface area (Å²) in [5, 5.41) is 29.5. The van der Waals surface area contributed by atoms with Crippen LogP contribution in [0.3, 0.4) is 0 Å². The molecular weight excluding hydrogens is 452 g/mol. The molecule has 184 valence electrons. The Balaban J connectivity index is 2.47. The van der Waals surface area contributed by atoms with Gasteiger partial charge in [0, 0.05) is 0 Å². The molecule has 0 fully saturated rings. The summed E-state index contributed by atoms with van der Waals surface area (Å²) < 4.78 is 28.4. The quantitative estimate of drug-likeness (QED) is 0.520. The first kappa shape index (κ1) is 27.5. The van der Waals surface area contributed by atoms with E-state index in [1.54, 1.807) is 32.9 Å². The van der Waals surface area contributed by atoms with E-state index in [9.17, 15) is 28.7 Å². The summed E-state index contributed by atoms with van der Waals surface area (Å²) in [4.78, 5) is 12.8. The van der Waals surface area contributed by atoms with Gasteiger partial charge >= 0.3 is 0 Å². The molecule has 2 rings (SSSR count). The second kappa shape index (κ2) is 10.3. The predicted molar refractivity (Wildman–Crippen MR) is 131 cm³/mol. The number of aryl methyl sites for hydroxylation is 1. The zero-order valence-corrected chi connectivity index (χ0v) is 21.7. The van der Waals surface area contributed by atoms with Crippen LogP contribution >= 0.6 is 0 Å². The molecule has 3 N–H and O–H groups in total. The average molecular weight is 487 g/mol. The molecule has 0 unspecified atom stereocenters. The Hall–Kier alpha value is -2.73. The lowest BCUT2D eigenvalue weighted by Crippen LogP contribution is -2.33. The summed E-state index contributed by atoms with van der Waals surface area (Å²) in [5.41, 5.74) is 2.65. The molecule has 0 bridgehead atoms. The number of aliphatic hydroxyl groups excluding tert-OH is 1. The number of amides is 1. The minimum absolute atomic E-state index is 0.0361. The van der Waals surface area contributed by atoms with Crippen molar-refractivity contribution in [2.75, 3.05) is 0 Å². The van der Waals surface area contributed by atoms with Crippen LogP contribution in [-0.2, 0) is 33.4 Å². The highest BCUT2D eigenvalue weighted by atomic mass is 32.2. The van der Waals surface area contributed by atoms with Crippen LogP contribution < -0.4 is 4.72 Å². The molecular formula is C26H34N2O5S. The Kier molecular flexibility index (Phi) is 8.30. The number of rotatable bonds is 8. The minimum atomic E-state index is -4.23. The number of hydrogen-bond donors (Lipinski definition) is 3. The fourth-order valence-electron chi connectivity index (χ4n) is 4.14. The van der Waals surface area contributed by atoms with E-state index in [4.69, 9.17) is 0 Å². The van der Waals surface area contributed by atoms with Crippen LogP contribution in [-0.4, -0.2) is 24.5 Å². The maximum atomic E-state index is 13.1. The van der Waals surface area contributed by atoms with Gasteiger partial charge in [-0.2, -0.15) is 5.26 Å². The molecule has 2 aromatic carbocycles. The standard InChI is InChI=1S/C26H34N2O5S/c1-15(2)20-9-18(13-27)10-21(16(3)4)22(20)12-25(30)28-34(32,33)24-11-19(14-29)23(8-17(24)5)26(6,7)31/h8-11,15-16,29,31H,12,14H2,1-7H3,(H,28,30). The molecule has 1 amide bonds. The van der Waals surface area contributed by atoms with Crippen molar-refractivity contribution in [1.29, 1.82) is 5.26 Å². The maximum absolute atomic E-state index is 13.1. The molecule has 8 heteroatoms. The SMILES string of the molecule is Cc1cc(C(C)(C)O)c(CO)cc1S(=O)(=O)NC(=O)Cc1c(C(C)C)cc(C#N)cc1C(C)C. The summed E-state index contributed by atoms with van der Waals surface area (Å²) >= 11 is 0. The Morgan fingerprint density at radius 1 is 1.09 bits per heavy atom. The number of benzene rings is 2. The highest BCUT2D eigenvalue weighted by Crippen LogP contribution is 2.31. The van der Waals surface area contributed by atoms with Gasteiger partial charge in [-0.3, -0.25) is 4.79 Å². The van der Waals surface area contributed by atoms with Crippen molar-refractivity contribution in [3.8, 4) is 6.07 Å². The lowest BCUT2D eigenvalue weighted by atomic mass is 9.85. The first-order chi connectivity index (χ1) is 15.6. The third-order valence-electron chi connectivity index (χ3n) is 5.80. The molecule has 7 nitrogen and oxygen atoms in total. The van der Waals surface area contributed by atoms with Gasteiger partial charge in [0.15, 0.2) is 0 Å². The van der Waals surface area contributed by atoms with Gasteiger partial charge in [0.25, 0.3) is 10.0 Å². The van der Waals surface area contributed by atoms with Gasteiger partial charge < -0.3 is 10.2 Å². The molecule has 0 aliphatic heterocycles. The molecule has 0 saturated carbocycles. The van der Waals surface area contributed by atoms with E-state index in [0.29, 0.717) is 16.7 Å². The number of nitrogens with one attached hydrogen (secondary N) is 1. The van der Waals surface area contributed by atoms with Crippen molar-refractivity contribution in [1.82, 2.24) is 4.72 Å². The monoisotopic (exact) mass is 486 g/mol. The van der Waals surface area contributed by atoms with E-state index in [1.807, 2.05) is 27.7 Å². The first-order valence-corrected chi connectivity index (χ1v) is 12.7. The third kappa shape index (κ3) is 6.03. The smallest absolute Gasteiger partial charge is 0.264 e. The van der Waals surface area contributed by atoms with E-state index in [0.717, 1.165) is 16.7 Å². The molecule has 34 heavy (non-hydrogen) atoms. The summed E-state index contributed by atoms with van der Waals surface area (Å²) in [6.07, 6.45) is -0.153. The zero-order valence-electron chi connectivity index (χ0n) is 20.9. The van der Waals surface area contributed by atoms with Crippen molar-refractivity contribution in [3.05, 3.63) is 63.2 Å². The largest absolute Gasteiger partial charge is 0.392 e. The Morgan fingerprint density at radius 3 is 2.03 bits per heavy atom. The topological polar surface area (TPSA) is 127 Å². The van der Waals surface area contributed by atoms with Gasteiger partial charge in [-0.25, -0.2) is 13.1 Å². The Labute approximate surface area is 202 Å². The van der Waals surface area contributed by atoms with E-state index < -0.39 is 28.1 Å². The molecule has 0 spiro atoms. The van der Waals surface area contributed by atoms with Crippen LogP contribution in [0.15, 0.2) is 29.2 Å². The van der Waals surface area contributed by atoms with Crippen LogP contribution in [0.4, 0.5) is 0 Å². The fraction of sp³-hybridized carbons (Fsp3) is 0.462. The predicted octanol–water partition coefficient (Wildman–Crippen LogP) is 3.88. The van der Waals surface area contributed by atoms with Crippen LogP contribution in [0.25, 0.3) is 0 Å². The second-order valence-electron chi connectivity index (χ2n) is 9.75. The van der Waals surface area contributed by atoms with Gasteiger partial charge in [-0.05, 0) is 84.2 Å². The van der Waals surface area contributed by atoms with Gasteiger partial charge in [0.2, 0.25) is 5.91 Å². The zero-order chi connectivity index (χ0) is 26.0. The lowest BCUT2D eigenvalue weighted by Gasteiger charge is -2.23. The van der Waals surface area contributed by atoms with Gasteiger partial charge in [0.1, 0.15) is 0 Å². The van der Waals surface area contributed by atoms with Crippen LogP contribution in [0, 0.1) is 18.3 Å². The molecule has 0 saturated heterocycles. The first-order valence-electron chi connectivity index (χ1n) is 11.2. The number of nitriles is 1.